The van der Waals surface area contributed by atoms with E-state index in [0.29, 0.717) is 16.4 Å². The third-order valence-corrected chi connectivity index (χ3v) is 2.81. The van der Waals surface area contributed by atoms with E-state index in [4.69, 9.17) is 17.3 Å². The number of nitrogens with one attached hydrogen (secondary N) is 1. The molecule has 0 atom stereocenters. The number of rotatable bonds is 2. The SMILES string of the molecule is Cc1ccccc1/C(C(N)=O)=C1\C=CC(Cl)=NN1. The number of hydrazone groups is 1. The summed E-state index contributed by atoms with van der Waals surface area (Å²) < 4.78 is 0. The van der Waals surface area contributed by atoms with E-state index < -0.39 is 5.91 Å². The van der Waals surface area contributed by atoms with Crippen molar-refractivity contribution in [3.63, 3.8) is 0 Å². The Hall–Kier alpha value is -2.07. The number of primary amides is 1. The fourth-order valence-corrected chi connectivity index (χ4v) is 1.85. The van der Waals surface area contributed by atoms with Gasteiger partial charge in [-0.1, -0.05) is 35.9 Å². The molecule has 1 aliphatic rings. The van der Waals surface area contributed by atoms with Crippen LogP contribution in [-0.2, 0) is 4.79 Å². The van der Waals surface area contributed by atoms with Crippen LogP contribution in [0.25, 0.3) is 5.57 Å². The summed E-state index contributed by atoms with van der Waals surface area (Å²) in [5.74, 6) is -0.510. The van der Waals surface area contributed by atoms with Crippen molar-refractivity contribution in [1.29, 1.82) is 0 Å². The minimum atomic E-state index is -0.510. The molecular weight excluding hydrogens is 250 g/mol. The molecule has 1 aromatic carbocycles. The molecule has 92 valence electrons. The van der Waals surface area contributed by atoms with Crippen LogP contribution in [0.15, 0.2) is 47.2 Å². The Kier molecular flexibility index (Phi) is 3.48. The van der Waals surface area contributed by atoms with Crippen molar-refractivity contribution in [2.24, 2.45) is 10.8 Å². The van der Waals surface area contributed by atoms with Gasteiger partial charge in [-0.25, -0.2) is 0 Å². The van der Waals surface area contributed by atoms with Crippen molar-refractivity contribution in [1.82, 2.24) is 5.43 Å². The van der Waals surface area contributed by atoms with Gasteiger partial charge in [-0.05, 0) is 30.2 Å². The number of benzene rings is 1. The van der Waals surface area contributed by atoms with Crippen LogP contribution in [-0.4, -0.2) is 11.1 Å². The van der Waals surface area contributed by atoms with E-state index in [2.05, 4.69) is 10.5 Å². The number of nitrogens with two attached hydrogens (primary N) is 1. The molecule has 0 aliphatic carbocycles. The Morgan fingerprint density at radius 3 is 2.61 bits per heavy atom. The summed E-state index contributed by atoms with van der Waals surface area (Å²) in [5, 5.41) is 4.18. The van der Waals surface area contributed by atoms with Crippen LogP contribution < -0.4 is 11.2 Å². The van der Waals surface area contributed by atoms with Gasteiger partial charge in [0.2, 0.25) is 0 Å². The molecule has 2 rings (SSSR count). The number of carbonyl (C=O) groups excluding carboxylic acids is 1. The van der Waals surface area contributed by atoms with Crippen molar-refractivity contribution >= 4 is 28.3 Å². The first kappa shape index (κ1) is 12.4. The standard InChI is InChI=1S/C13H12ClN3O/c1-8-4-2-3-5-9(8)12(13(15)18)10-6-7-11(14)17-16-10/h2-7,16H,1H3,(H2,15,18)/b12-10-. The maximum atomic E-state index is 11.6. The summed E-state index contributed by atoms with van der Waals surface area (Å²) >= 11 is 5.71. The predicted octanol–water partition coefficient (Wildman–Crippen LogP) is 1.90. The zero-order valence-corrected chi connectivity index (χ0v) is 10.5. The minimum absolute atomic E-state index is 0.326. The summed E-state index contributed by atoms with van der Waals surface area (Å²) in [7, 11) is 0. The lowest BCUT2D eigenvalue weighted by Crippen LogP contribution is -2.21. The number of amides is 1. The highest BCUT2D eigenvalue weighted by molar-refractivity contribution is 6.68. The van der Waals surface area contributed by atoms with Crippen molar-refractivity contribution < 1.29 is 4.79 Å². The number of carbonyl (C=O) groups is 1. The number of halogens is 1. The second-order valence-electron chi connectivity index (χ2n) is 3.85. The fraction of sp³-hybridized carbons (Fsp3) is 0.0769. The summed E-state index contributed by atoms with van der Waals surface area (Å²) in [6.45, 7) is 1.92. The minimum Gasteiger partial charge on any atom is -0.366 e. The summed E-state index contributed by atoms with van der Waals surface area (Å²) in [4.78, 5) is 11.6. The molecule has 0 saturated heterocycles. The van der Waals surface area contributed by atoms with Gasteiger partial charge in [0.05, 0.1) is 11.3 Å². The molecule has 0 spiro atoms. The Labute approximate surface area is 110 Å². The fourth-order valence-electron chi connectivity index (χ4n) is 1.74. The highest BCUT2D eigenvalue weighted by atomic mass is 35.5. The van der Waals surface area contributed by atoms with E-state index in [1.165, 1.54) is 0 Å². The van der Waals surface area contributed by atoms with E-state index in [0.717, 1.165) is 11.1 Å². The van der Waals surface area contributed by atoms with E-state index >= 15 is 0 Å². The van der Waals surface area contributed by atoms with E-state index in [1.54, 1.807) is 12.2 Å². The number of hydrogen-bond donors (Lipinski definition) is 2. The molecule has 0 saturated carbocycles. The summed E-state index contributed by atoms with van der Waals surface area (Å²) in [6, 6.07) is 7.52. The number of allylic oxidation sites excluding steroid dienone is 2. The Bertz CT molecular complexity index is 588. The lowest BCUT2D eigenvalue weighted by molar-refractivity contribution is -0.112. The van der Waals surface area contributed by atoms with Crippen LogP contribution in [0.2, 0.25) is 0 Å². The van der Waals surface area contributed by atoms with Gasteiger partial charge in [-0.3, -0.25) is 10.2 Å². The maximum Gasteiger partial charge on any atom is 0.251 e. The van der Waals surface area contributed by atoms with Gasteiger partial charge in [0.1, 0.15) is 5.17 Å². The first-order valence-corrected chi connectivity index (χ1v) is 5.74. The van der Waals surface area contributed by atoms with Crippen molar-refractivity contribution in [3.8, 4) is 0 Å². The lowest BCUT2D eigenvalue weighted by atomic mass is 9.98. The molecule has 0 fully saturated rings. The second-order valence-corrected chi connectivity index (χ2v) is 4.23. The Morgan fingerprint density at radius 1 is 1.33 bits per heavy atom. The first-order valence-electron chi connectivity index (χ1n) is 5.37. The van der Waals surface area contributed by atoms with E-state index in [-0.39, 0.29) is 0 Å². The van der Waals surface area contributed by atoms with Crippen LogP contribution in [0.4, 0.5) is 0 Å². The average Bonchev–Trinajstić information content (AvgIpc) is 2.34. The molecule has 3 N–H and O–H groups in total. The van der Waals surface area contributed by atoms with Gasteiger partial charge < -0.3 is 5.73 Å². The molecule has 18 heavy (non-hydrogen) atoms. The molecule has 1 aromatic rings. The third-order valence-electron chi connectivity index (χ3n) is 2.60. The van der Waals surface area contributed by atoms with Gasteiger partial charge in [0, 0.05) is 0 Å². The molecule has 1 amide bonds. The highest BCUT2D eigenvalue weighted by Gasteiger charge is 2.16. The highest BCUT2D eigenvalue weighted by Crippen LogP contribution is 2.22. The normalized spacial score (nSPS) is 16.9. The van der Waals surface area contributed by atoms with Crippen LogP contribution >= 0.6 is 11.6 Å². The van der Waals surface area contributed by atoms with Crippen molar-refractivity contribution in [2.75, 3.05) is 0 Å². The van der Waals surface area contributed by atoms with Gasteiger partial charge in [-0.15, -0.1) is 0 Å². The lowest BCUT2D eigenvalue weighted by Gasteiger charge is -2.14. The summed E-state index contributed by atoms with van der Waals surface area (Å²) in [6.07, 6.45) is 3.29. The quantitative estimate of drug-likeness (QED) is 0.799. The van der Waals surface area contributed by atoms with Crippen LogP contribution in [0.3, 0.4) is 0 Å². The first-order chi connectivity index (χ1) is 8.59. The number of hydrogen-bond acceptors (Lipinski definition) is 3. The summed E-state index contributed by atoms with van der Waals surface area (Å²) in [5.41, 5.74) is 10.9. The molecule has 0 aromatic heterocycles. The number of aryl methyl sites for hydroxylation is 1. The van der Waals surface area contributed by atoms with Gasteiger partial charge in [0.15, 0.2) is 0 Å². The van der Waals surface area contributed by atoms with Gasteiger partial charge in [-0.2, -0.15) is 5.10 Å². The monoisotopic (exact) mass is 261 g/mol. The Morgan fingerprint density at radius 2 is 2.06 bits per heavy atom. The molecule has 5 heteroatoms. The second kappa shape index (κ2) is 5.06. The molecule has 0 bridgehead atoms. The maximum absolute atomic E-state index is 11.6. The zero-order valence-electron chi connectivity index (χ0n) is 9.77. The van der Waals surface area contributed by atoms with Crippen molar-refractivity contribution in [2.45, 2.75) is 6.92 Å². The molecule has 1 heterocycles. The molecular formula is C13H12ClN3O. The largest absolute Gasteiger partial charge is 0.366 e. The van der Waals surface area contributed by atoms with Gasteiger partial charge >= 0.3 is 0 Å². The van der Waals surface area contributed by atoms with Crippen LogP contribution in [0, 0.1) is 6.92 Å². The topological polar surface area (TPSA) is 67.5 Å². The predicted molar refractivity (Wildman–Crippen MR) is 72.9 cm³/mol. The third kappa shape index (κ3) is 2.43. The molecule has 0 radical (unpaired) electrons. The van der Waals surface area contributed by atoms with E-state index in [1.807, 2.05) is 31.2 Å². The Balaban J connectivity index is 2.55. The van der Waals surface area contributed by atoms with Gasteiger partial charge in [0.25, 0.3) is 5.91 Å². The van der Waals surface area contributed by atoms with Crippen molar-refractivity contribution in [3.05, 3.63) is 53.2 Å². The molecule has 4 nitrogen and oxygen atoms in total. The zero-order chi connectivity index (χ0) is 13.1. The number of nitrogens with zero attached hydrogens (tertiary/aromatic N) is 1. The van der Waals surface area contributed by atoms with Crippen LogP contribution in [0.5, 0.6) is 0 Å². The smallest absolute Gasteiger partial charge is 0.251 e. The van der Waals surface area contributed by atoms with Crippen LogP contribution in [0.1, 0.15) is 11.1 Å². The average molecular weight is 262 g/mol. The molecule has 1 aliphatic heterocycles. The molecule has 0 unspecified atom stereocenters. The van der Waals surface area contributed by atoms with E-state index in [9.17, 15) is 4.79 Å².